The molecule has 0 saturated carbocycles. The third-order valence-corrected chi connectivity index (χ3v) is 3.70. The molecule has 19 heavy (non-hydrogen) atoms. The second-order valence-electron chi connectivity index (χ2n) is 5.22. The highest BCUT2D eigenvalue weighted by molar-refractivity contribution is 5.36. The SMILES string of the molecule is CCCCC(CC)C(N)c1ccccc1OCCC. The van der Waals surface area contributed by atoms with Crippen molar-refractivity contribution in [3.8, 4) is 5.75 Å². The normalized spacial score (nSPS) is 14.1. The molecular weight excluding hydrogens is 234 g/mol. The molecule has 2 N–H and O–H groups in total. The summed E-state index contributed by atoms with van der Waals surface area (Å²) in [6.45, 7) is 7.35. The Kier molecular flexibility index (Phi) is 7.57. The minimum atomic E-state index is 0.0876. The largest absolute Gasteiger partial charge is 0.493 e. The van der Waals surface area contributed by atoms with E-state index in [9.17, 15) is 0 Å². The van der Waals surface area contributed by atoms with Crippen molar-refractivity contribution in [2.24, 2.45) is 11.7 Å². The maximum Gasteiger partial charge on any atom is 0.124 e. The predicted molar refractivity (Wildman–Crippen MR) is 82.5 cm³/mol. The summed E-state index contributed by atoms with van der Waals surface area (Å²) in [6, 6.07) is 8.32. The van der Waals surface area contributed by atoms with Crippen molar-refractivity contribution in [1.82, 2.24) is 0 Å². The monoisotopic (exact) mass is 263 g/mol. The molecule has 1 rings (SSSR count). The van der Waals surface area contributed by atoms with Gasteiger partial charge in [0.15, 0.2) is 0 Å². The quantitative estimate of drug-likeness (QED) is 0.701. The van der Waals surface area contributed by atoms with Crippen LogP contribution >= 0.6 is 0 Å². The van der Waals surface area contributed by atoms with E-state index in [1.165, 1.54) is 24.8 Å². The smallest absolute Gasteiger partial charge is 0.124 e. The van der Waals surface area contributed by atoms with Crippen LogP contribution < -0.4 is 10.5 Å². The Balaban J connectivity index is 2.80. The summed E-state index contributed by atoms with van der Waals surface area (Å²) >= 11 is 0. The van der Waals surface area contributed by atoms with Gasteiger partial charge < -0.3 is 10.5 Å². The molecule has 2 atom stereocenters. The van der Waals surface area contributed by atoms with E-state index < -0.39 is 0 Å². The van der Waals surface area contributed by atoms with Gasteiger partial charge in [0.2, 0.25) is 0 Å². The molecule has 2 nitrogen and oxygen atoms in total. The first-order valence-corrected chi connectivity index (χ1v) is 7.71. The minimum absolute atomic E-state index is 0.0876. The van der Waals surface area contributed by atoms with E-state index in [0.717, 1.165) is 25.2 Å². The average Bonchev–Trinajstić information content (AvgIpc) is 2.46. The molecule has 0 amide bonds. The van der Waals surface area contributed by atoms with Crippen LogP contribution in [-0.4, -0.2) is 6.61 Å². The zero-order chi connectivity index (χ0) is 14.1. The van der Waals surface area contributed by atoms with Crippen LogP contribution in [0.2, 0.25) is 0 Å². The standard InChI is InChI=1S/C17H29NO/c1-4-7-10-14(6-3)17(18)15-11-8-9-12-16(15)19-13-5-2/h8-9,11-12,14,17H,4-7,10,13,18H2,1-3H3. The van der Waals surface area contributed by atoms with E-state index >= 15 is 0 Å². The third kappa shape index (κ3) is 4.87. The lowest BCUT2D eigenvalue weighted by molar-refractivity contribution is 0.302. The molecule has 108 valence electrons. The van der Waals surface area contributed by atoms with Crippen LogP contribution in [0.4, 0.5) is 0 Å². The highest BCUT2D eigenvalue weighted by Gasteiger charge is 2.20. The fourth-order valence-corrected chi connectivity index (χ4v) is 2.46. The van der Waals surface area contributed by atoms with Crippen molar-refractivity contribution >= 4 is 0 Å². The average molecular weight is 263 g/mol. The van der Waals surface area contributed by atoms with Crippen LogP contribution in [0.25, 0.3) is 0 Å². The zero-order valence-electron chi connectivity index (χ0n) is 12.7. The van der Waals surface area contributed by atoms with Gasteiger partial charge in [0.1, 0.15) is 5.75 Å². The number of rotatable bonds is 9. The molecule has 1 aromatic rings. The van der Waals surface area contributed by atoms with Crippen LogP contribution in [0.1, 0.15) is 64.5 Å². The van der Waals surface area contributed by atoms with Gasteiger partial charge in [0.25, 0.3) is 0 Å². The second-order valence-corrected chi connectivity index (χ2v) is 5.22. The molecule has 1 aromatic carbocycles. The molecule has 0 aromatic heterocycles. The van der Waals surface area contributed by atoms with Crippen LogP contribution in [0.15, 0.2) is 24.3 Å². The highest BCUT2D eigenvalue weighted by Crippen LogP contribution is 2.32. The molecule has 0 bridgehead atoms. The zero-order valence-corrected chi connectivity index (χ0v) is 12.7. The van der Waals surface area contributed by atoms with E-state index in [4.69, 9.17) is 10.5 Å². The first-order chi connectivity index (χ1) is 9.24. The van der Waals surface area contributed by atoms with E-state index in [0.29, 0.717) is 5.92 Å². The van der Waals surface area contributed by atoms with Crippen LogP contribution in [-0.2, 0) is 0 Å². The number of benzene rings is 1. The Labute approximate surface area is 118 Å². The Morgan fingerprint density at radius 3 is 2.47 bits per heavy atom. The first-order valence-electron chi connectivity index (χ1n) is 7.71. The highest BCUT2D eigenvalue weighted by atomic mass is 16.5. The van der Waals surface area contributed by atoms with Gasteiger partial charge in [-0.05, 0) is 24.8 Å². The van der Waals surface area contributed by atoms with Crippen molar-refractivity contribution in [3.05, 3.63) is 29.8 Å². The maximum atomic E-state index is 6.48. The fraction of sp³-hybridized carbons (Fsp3) is 0.647. The lowest BCUT2D eigenvalue weighted by Gasteiger charge is -2.25. The Morgan fingerprint density at radius 1 is 1.11 bits per heavy atom. The molecule has 0 aliphatic rings. The summed E-state index contributed by atoms with van der Waals surface area (Å²) in [6.07, 6.45) is 5.84. The van der Waals surface area contributed by atoms with Gasteiger partial charge in [-0.25, -0.2) is 0 Å². The lowest BCUT2D eigenvalue weighted by Crippen LogP contribution is -2.22. The molecular formula is C17H29NO. The maximum absolute atomic E-state index is 6.48. The number of unbranched alkanes of at least 4 members (excludes halogenated alkanes) is 1. The van der Waals surface area contributed by atoms with Gasteiger partial charge >= 0.3 is 0 Å². The molecule has 0 spiro atoms. The van der Waals surface area contributed by atoms with Crippen molar-refractivity contribution in [3.63, 3.8) is 0 Å². The second kappa shape index (κ2) is 8.98. The molecule has 0 heterocycles. The van der Waals surface area contributed by atoms with Crippen LogP contribution in [0, 0.1) is 5.92 Å². The van der Waals surface area contributed by atoms with Crippen LogP contribution in [0.3, 0.4) is 0 Å². The molecule has 0 saturated heterocycles. The summed E-state index contributed by atoms with van der Waals surface area (Å²) in [4.78, 5) is 0. The van der Waals surface area contributed by atoms with Crippen molar-refractivity contribution < 1.29 is 4.74 Å². The Morgan fingerprint density at radius 2 is 1.84 bits per heavy atom. The Hall–Kier alpha value is -1.02. The molecule has 0 aliphatic carbocycles. The number of hydrogen-bond donors (Lipinski definition) is 1. The summed E-state index contributed by atoms with van der Waals surface area (Å²) in [5, 5.41) is 0. The molecule has 0 radical (unpaired) electrons. The summed E-state index contributed by atoms with van der Waals surface area (Å²) < 4.78 is 5.83. The molecule has 2 unspecified atom stereocenters. The first kappa shape index (κ1) is 16.0. The fourth-order valence-electron chi connectivity index (χ4n) is 2.46. The number of nitrogens with two attached hydrogens (primary N) is 1. The van der Waals surface area contributed by atoms with E-state index in [-0.39, 0.29) is 6.04 Å². The van der Waals surface area contributed by atoms with Gasteiger partial charge in [-0.2, -0.15) is 0 Å². The van der Waals surface area contributed by atoms with Crippen molar-refractivity contribution in [2.75, 3.05) is 6.61 Å². The Bertz CT molecular complexity index is 351. The number of para-hydroxylation sites is 1. The van der Waals surface area contributed by atoms with E-state index in [1.807, 2.05) is 12.1 Å². The third-order valence-electron chi connectivity index (χ3n) is 3.70. The lowest BCUT2D eigenvalue weighted by atomic mass is 9.87. The van der Waals surface area contributed by atoms with Gasteiger partial charge in [-0.1, -0.05) is 58.2 Å². The number of ether oxygens (including phenoxy) is 1. The van der Waals surface area contributed by atoms with Gasteiger partial charge in [0.05, 0.1) is 6.61 Å². The van der Waals surface area contributed by atoms with Gasteiger partial charge in [-0.15, -0.1) is 0 Å². The predicted octanol–water partition coefficient (Wildman–Crippen LogP) is 4.69. The molecule has 2 heteroatoms. The summed E-state index contributed by atoms with van der Waals surface area (Å²) in [5.74, 6) is 1.51. The van der Waals surface area contributed by atoms with Crippen molar-refractivity contribution in [1.29, 1.82) is 0 Å². The van der Waals surface area contributed by atoms with Crippen LogP contribution in [0.5, 0.6) is 5.75 Å². The van der Waals surface area contributed by atoms with Crippen molar-refractivity contribution in [2.45, 2.75) is 58.9 Å². The topological polar surface area (TPSA) is 35.2 Å². The van der Waals surface area contributed by atoms with E-state index in [1.54, 1.807) is 0 Å². The number of hydrogen-bond acceptors (Lipinski definition) is 2. The molecule has 0 aliphatic heterocycles. The van der Waals surface area contributed by atoms with Gasteiger partial charge in [-0.3, -0.25) is 0 Å². The summed E-state index contributed by atoms with van der Waals surface area (Å²) in [5.41, 5.74) is 7.65. The molecule has 0 fully saturated rings. The minimum Gasteiger partial charge on any atom is -0.493 e. The van der Waals surface area contributed by atoms with E-state index in [2.05, 4.69) is 32.9 Å². The van der Waals surface area contributed by atoms with Gasteiger partial charge in [0, 0.05) is 11.6 Å². The summed E-state index contributed by atoms with van der Waals surface area (Å²) in [7, 11) is 0.